The zero-order valence-electron chi connectivity index (χ0n) is 18.8. The molecule has 2 atom stereocenters. The minimum Gasteiger partial charge on any atom is -0.492 e. The smallest absolute Gasteiger partial charge is 0.319 e. The van der Waals surface area contributed by atoms with Crippen LogP contribution in [0.5, 0.6) is 5.75 Å². The summed E-state index contributed by atoms with van der Waals surface area (Å²) in [6, 6.07) is 12.5. The molecule has 182 valence electrons. The molecule has 1 heterocycles. The first kappa shape index (κ1) is 26.1. The lowest BCUT2D eigenvalue weighted by Crippen LogP contribution is -2.44. The predicted octanol–water partition coefficient (Wildman–Crippen LogP) is 3.99. The number of nitrogens with one attached hydrogen (secondary N) is 2. The molecule has 0 unspecified atom stereocenters. The molecule has 0 saturated heterocycles. The molecule has 2 aromatic carbocycles. The van der Waals surface area contributed by atoms with Crippen molar-refractivity contribution in [2.75, 3.05) is 24.8 Å². The molecule has 0 fully saturated rings. The van der Waals surface area contributed by atoms with Crippen LogP contribution in [0.4, 0.5) is 10.1 Å². The quantitative estimate of drug-likeness (QED) is 0.401. The molecule has 1 aliphatic rings. The topological polar surface area (TPSA) is 118 Å². The summed E-state index contributed by atoms with van der Waals surface area (Å²) in [5.74, 6) is -4.83. The summed E-state index contributed by atoms with van der Waals surface area (Å²) >= 11 is 7.20. The first-order valence-corrected chi connectivity index (χ1v) is 11.8. The number of esters is 1. The van der Waals surface area contributed by atoms with Crippen LogP contribution in [0.3, 0.4) is 0 Å². The van der Waals surface area contributed by atoms with Gasteiger partial charge in [0.25, 0.3) is 0 Å². The number of ether oxygens (including phenoxy) is 2. The van der Waals surface area contributed by atoms with Gasteiger partial charge in [0.2, 0.25) is 11.8 Å². The number of thioether (sulfide) groups is 1. The minimum atomic E-state index is -1.35. The largest absolute Gasteiger partial charge is 0.492 e. The van der Waals surface area contributed by atoms with Crippen molar-refractivity contribution in [2.24, 2.45) is 5.92 Å². The highest BCUT2D eigenvalue weighted by Crippen LogP contribution is 2.42. The number of para-hydroxylation sites is 1. The van der Waals surface area contributed by atoms with Gasteiger partial charge in [-0.1, -0.05) is 41.6 Å². The molecule has 11 heteroatoms. The monoisotopic (exact) mass is 517 g/mol. The van der Waals surface area contributed by atoms with E-state index in [9.17, 15) is 24.0 Å². The Bertz CT molecular complexity index is 1230. The highest BCUT2D eigenvalue weighted by atomic mass is 35.5. The summed E-state index contributed by atoms with van der Waals surface area (Å²) < 4.78 is 24.1. The summed E-state index contributed by atoms with van der Waals surface area (Å²) in [7, 11) is 1.14. The van der Waals surface area contributed by atoms with Crippen LogP contribution in [-0.2, 0) is 19.1 Å². The molecule has 0 spiro atoms. The number of carbonyl (C=O) groups is 3. The fourth-order valence-corrected chi connectivity index (χ4v) is 4.64. The Balaban J connectivity index is 1.94. The summed E-state index contributed by atoms with van der Waals surface area (Å²) in [5.41, 5.74) is 0.492. The third-order valence-corrected chi connectivity index (χ3v) is 6.41. The molecular formula is C24H21ClFN3O5S. The van der Waals surface area contributed by atoms with Crippen molar-refractivity contribution in [2.45, 2.75) is 12.8 Å². The lowest BCUT2D eigenvalue weighted by molar-refractivity contribution is -0.150. The first-order valence-electron chi connectivity index (χ1n) is 10.4. The molecule has 3 rings (SSSR count). The average molecular weight is 518 g/mol. The fourth-order valence-electron chi connectivity index (χ4n) is 3.55. The number of nitriles is 1. The van der Waals surface area contributed by atoms with E-state index in [1.165, 1.54) is 24.3 Å². The van der Waals surface area contributed by atoms with Gasteiger partial charge in [0, 0.05) is 5.92 Å². The van der Waals surface area contributed by atoms with E-state index < -0.39 is 35.4 Å². The fraction of sp³-hybridized carbons (Fsp3) is 0.250. The van der Waals surface area contributed by atoms with Gasteiger partial charge in [-0.05, 0) is 36.8 Å². The minimum absolute atomic E-state index is 0.00734. The van der Waals surface area contributed by atoms with Crippen molar-refractivity contribution < 1.29 is 28.2 Å². The van der Waals surface area contributed by atoms with Crippen LogP contribution in [0.2, 0.25) is 5.02 Å². The standard InChI is InChI=1S/C24H21ClFN3O5S/c1-3-34-18-9-8-13(10-15(18)25)20-14(11-27)23(29-22(31)21(20)24(32)33-2)35-12-19(30)28-17-7-5-4-6-16(17)26/h4-10,20-21H,3,12H2,1-2H3,(H,28,30)(H,29,31)/t20-,21+/m0/s1. The Labute approximate surface area is 210 Å². The Morgan fingerprint density at radius 2 is 2.03 bits per heavy atom. The van der Waals surface area contributed by atoms with Crippen molar-refractivity contribution in [3.8, 4) is 11.8 Å². The van der Waals surface area contributed by atoms with E-state index in [1.807, 2.05) is 6.07 Å². The van der Waals surface area contributed by atoms with Crippen molar-refractivity contribution >= 4 is 46.8 Å². The van der Waals surface area contributed by atoms with E-state index in [-0.39, 0.29) is 27.1 Å². The van der Waals surface area contributed by atoms with E-state index >= 15 is 0 Å². The number of anilines is 1. The van der Waals surface area contributed by atoms with Gasteiger partial charge in [0.1, 0.15) is 17.5 Å². The number of amides is 2. The molecule has 35 heavy (non-hydrogen) atoms. The van der Waals surface area contributed by atoms with Gasteiger partial charge >= 0.3 is 5.97 Å². The van der Waals surface area contributed by atoms with Gasteiger partial charge < -0.3 is 20.1 Å². The second-order valence-electron chi connectivity index (χ2n) is 7.26. The van der Waals surface area contributed by atoms with Crippen LogP contribution in [0, 0.1) is 23.1 Å². The number of nitrogens with zero attached hydrogens (tertiary/aromatic N) is 1. The van der Waals surface area contributed by atoms with Gasteiger partial charge in [0.05, 0.1) is 46.9 Å². The lowest BCUT2D eigenvalue weighted by atomic mass is 9.78. The van der Waals surface area contributed by atoms with Crippen LogP contribution in [-0.4, -0.2) is 37.3 Å². The van der Waals surface area contributed by atoms with E-state index in [0.29, 0.717) is 17.9 Å². The van der Waals surface area contributed by atoms with Crippen LogP contribution < -0.4 is 15.4 Å². The van der Waals surface area contributed by atoms with Gasteiger partial charge in [-0.15, -0.1) is 0 Å². The second kappa shape index (κ2) is 11.7. The predicted molar refractivity (Wildman–Crippen MR) is 129 cm³/mol. The number of carbonyl (C=O) groups excluding carboxylic acids is 3. The number of halogens is 2. The average Bonchev–Trinajstić information content (AvgIpc) is 2.84. The van der Waals surface area contributed by atoms with Crippen molar-refractivity contribution in [3.05, 3.63) is 69.5 Å². The summed E-state index contributed by atoms with van der Waals surface area (Å²) in [5, 5.41) is 15.3. The Morgan fingerprint density at radius 1 is 1.29 bits per heavy atom. The third-order valence-electron chi connectivity index (χ3n) is 5.09. The van der Waals surface area contributed by atoms with Crippen LogP contribution >= 0.6 is 23.4 Å². The molecular weight excluding hydrogens is 497 g/mol. The third kappa shape index (κ3) is 5.93. The maximum atomic E-state index is 13.8. The zero-order valence-corrected chi connectivity index (χ0v) is 20.3. The Hall–Kier alpha value is -3.55. The van der Waals surface area contributed by atoms with E-state index in [0.717, 1.165) is 18.9 Å². The molecule has 2 N–H and O–H groups in total. The van der Waals surface area contributed by atoms with Gasteiger partial charge in [-0.3, -0.25) is 14.4 Å². The first-order chi connectivity index (χ1) is 16.8. The van der Waals surface area contributed by atoms with E-state index in [1.54, 1.807) is 25.1 Å². The molecule has 0 saturated carbocycles. The van der Waals surface area contributed by atoms with Crippen molar-refractivity contribution in [1.82, 2.24) is 5.32 Å². The molecule has 8 nitrogen and oxygen atoms in total. The Kier molecular flexibility index (Phi) is 8.73. The van der Waals surface area contributed by atoms with E-state index in [2.05, 4.69) is 10.6 Å². The molecule has 2 amide bonds. The van der Waals surface area contributed by atoms with Crippen LogP contribution in [0.25, 0.3) is 0 Å². The summed E-state index contributed by atoms with van der Waals surface area (Å²) in [4.78, 5) is 37.8. The second-order valence-corrected chi connectivity index (χ2v) is 8.65. The normalized spacial score (nSPS) is 17.3. The number of rotatable bonds is 8. The SMILES string of the molecule is CCOc1ccc([C@H]2C(C#N)=C(SCC(=O)Nc3ccccc3F)NC(=O)[C@@H]2C(=O)OC)cc1Cl. The summed E-state index contributed by atoms with van der Waals surface area (Å²) in [6.07, 6.45) is 0. The van der Waals surface area contributed by atoms with Gasteiger partial charge in [0.15, 0.2) is 0 Å². The molecule has 0 aromatic heterocycles. The number of hydrogen-bond acceptors (Lipinski definition) is 7. The number of hydrogen-bond donors (Lipinski definition) is 2. The molecule has 0 radical (unpaired) electrons. The molecule has 0 bridgehead atoms. The molecule has 2 aromatic rings. The summed E-state index contributed by atoms with van der Waals surface area (Å²) in [6.45, 7) is 2.18. The zero-order chi connectivity index (χ0) is 25.5. The van der Waals surface area contributed by atoms with Crippen LogP contribution in [0.1, 0.15) is 18.4 Å². The van der Waals surface area contributed by atoms with Gasteiger partial charge in [-0.25, -0.2) is 4.39 Å². The van der Waals surface area contributed by atoms with Crippen LogP contribution in [0.15, 0.2) is 53.1 Å². The number of allylic oxidation sites excluding steroid dienone is 1. The maximum absolute atomic E-state index is 13.8. The van der Waals surface area contributed by atoms with Gasteiger partial charge in [-0.2, -0.15) is 5.26 Å². The Morgan fingerprint density at radius 3 is 2.66 bits per heavy atom. The highest BCUT2D eigenvalue weighted by Gasteiger charge is 2.44. The van der Waals surface area contributed by atoms with Crippen molar-refractivity contribution in [1.29, 1.82) is 5.26 Å². The number of benzene rings is 2. The highest BCUT2D eigenvalue weighted by molar-refractivity contribution is 8.03. The van der Waals surface area contributed by atoms with Crippen molar-refractivity contribution in [3.63, 3.8) is 0 Å². The molecule has 1 aliphatic heterocycles. The molecule has 0 aliphatic carbocycles. The maximum Gasteiger partial charge on any atom is 0.319 e. The number of methoxy groups -OCH3 is 1. The lowest BCUT2D eigenvalue weighted by Gasteiger charge is -2.31. The van der Waals surface area contributed by atoms with E-state index in [4.69, 9.17) is 21.1 Å².